The first-order valence-corrected chi connectivity index (χ1v) is 12.5. The molecule has 3 heterocycles. The number of nitrogens with one attached hydrogen (secondary N) is 1. The van der Waals surface area contributed by atoms with Gasteiger partial charge in [0.25, 0.3) is 0 Å². The van der Waals surface area contributed by atoms with Gasteiger partial charge in [-0.15, -0.1) is 0 Å². The molecule has 0 unspecified atom stereocenters. The van der Waals surface area contributed by atoms with Crippen molar-refractivity contribution in [2.45, 2.75) is 38.5 Å². The molecule has 7 heteroatoms. The Morgan fingerprint density at radius 1 is 1.00 bits per heavy atom. The van der Waals surface area contributed by atoms with E-state index in [1.165, 1.54) is 11.3 Å². The average molecular weight is 463 g/mol. The van der Waals surface area contributed by atoms with Crippen molar-refractivity contribution in [2.24, 2.45) is 5.73 Å². The Kier molecular flexibility index (Phi) is 6.90. The van der Waals surface area contributed by atoms with E-state index in [0.29, 0.717) is 5.69 Å². The first-order valence-electron chi connectivity index (χ1n) is 12.5. The van der Waals surface area contributed by atoms with Crippen molar-refractivity contribution in [3.05, 3.63) is 53.8 Å². The van der Waals surface area contributed by atoms with E-state index in [1.54, 1.807) is 0 Å². The summed E-state index contributed by atoms with van der Waals surface area (Å²) in [4.78, 5) is 16.6. The van der Waals surface area contributed by atoms with Crippen LogP contribution < -0.4 is 20.7 Å². The summed E-state index contributed by atoms with van der Waals surface area (Å²) in [5.74, 6) is 1.91. The summed E-state index contributed by atoms with van der Waals surface area (Å²) in [6, 6.07) is 13.8. The van der Waals surface area contributed by atoms with Crippen molar-refractivity contribution < 1.29 is 13.9 Å². The van der Waals surface area contributed by atoms with Crippen molar-refractivity contribution in [3.8, 4) is 5.75 Å². The van der Waals surface area contributed by atoms with Crippen LogP contribution in [-0.2, 0) is 12.8 Å². The molecule has 1 fully saturated rings. The number of unbranched alkanes of at least 4 members (excludes halogenated alkanes) is 1. The number of hydrogen-bond donors (Lipinski definition) is 2. The van der Waals surface area contributed by atoms with Crippen LogP contribution >= 0.6 is 0 Å². The van der Waals surface area contributed by atoms with Gasteiger partial charge in [0.1, 0.15) is 17.1 Å². The third kappa shape index (κ3) is 4.99. The molecule has 0 spiro atoms. The van der Waals surface area contributed by atoms with E-state index in [2.05, 4.69) is 33.3 Å². The number of ether oxygens (including phenoxy) is 1. The third-order valence-corrected chi connectivity index (χ3v) is 6.89. The maximum atomic E-state index is 11.5. The SMILES string of the molecule is NC(=O)Nc1c(CCCCN2CCCN(c3cccc4c3OCCC4)CC2)oc2ccccc12. The van der Waals surface area contributed by atoms with E-state index in [4.69, 9.17) is 14.9 Å². The maximum Gasteiger partial charge on any atom is 0.316 e. The molecule has 5 rings (SSSR count). The molecule has 0 bridgehead atoms. The lowest BCUT2D eigenvalue weighted by Crippen LogP contribution is -2.32. The highest BCUT2D eigenvalue weighted by Gasteiger charge is 2.21. The minimum absolute atomic E-state index is 0.563. The number of carbonyl (C=O) groups is 1. The van der Waals surface area contributed by atoms with Crippen LogP contribution in [-0.4, -0.2) is 50.3 Å². The highest BCUT2D eigenvalue weighted by Crippen LogP contribution is 2.36. The quantitative estimate of drug-likeness (QED) is 0.494. The second kappa shape index (κ2) is 10.4. The Balaban J connectivity index is 1.15. The average Bonchev–Trinajstić information content (AvgIpc) is 3.02. The number of urea groups is 1. The van der Waals surface area contributed by atoms with Crippen molar-refractivity contribution in [1.29, 1.82) is 0 Å². The Morgan fingerprint density at radius 2 is 1.91 bits per heavy atom. The number of benzene rings is 2. The summed E-state index contributed by atoms with van der Waals surface area (Å²) in [5.41, 5.74) is 9.49. The van der Waals surface area contributed by atoms with Crippen LogP contribution in [0.1, 0.15) is 37.0 Å². The number of aryl methyl sites for hydroxylation is 2. The first-order chi connectivity index (χ1) is 16.7. The van der Waals surface area contributed by atoms with E-state index in [9.17, 15) is 4.79 Å². The molecule has 0 radical (unpaired) electrons. The van der Waals surface area contributed by atoms with Gasteiger partial charge in [0, 0.05) is 31.4 Å². The Bertz CT molecular complexity index is 1140. The molecule has 34 heavy (non-hydrogen) atoms. The fourth-order valence-electron chi connectivity index (χ4n) is 5.21. The van der Waals surface area contributed by atoms with Crippen LogP contribution in [0.5, 0.6) is 5.75 Å². The Hall–Kier alpha value is -3.19. The summed E-state index contributed by atoms with van der Waals surface area (Å²) in [5, 5.41) is 3.65. The zero-order valence-corrected chi connectivity index (χ0v) is 19.7. The minimum Gasteiger partial charge on any atom is -0.491 e. The highest BCUT2D eigenvalue weighted by atomic mass is 16.5. The molecule has 0 aliphatic carbocycles. The molecule has 2 aromatic carbocycles. The molecule has 1 saturated heterocycles. The molecule has 0 atom stereocenters. The number of para-hydroxylation sites is 2. The van der Waals surface area contributed by atoms with Crippen LogP contribution in [0.25, 0.3) is 11.0 Å². The van der Waals surface area contributed by atoms with Gasteiger partial charge in [0.15, 0.2) is 0 Å². The van der Waals surface area contributed by atoms with E-state index in [0.717, 1.165) is 100 Å². The van der Waals surface area contributed by atoms with Crippen molar-refractivity contribution in [2.75, 3.05) is 49.5 Å². The second-order valence-corrected chi connectivity index (χ2v) is 9.24. The normalized spacial score (nSPS) is 16.6. The number of anilines is 2. The predicted octanol–water partition coefficient (Wildman–Crippen LogP) is 4.78. The number of nitrogens with zero attached hydrogens (tertiary/aromatic N) is 2. The van der Waals surface area contributed by atoms with Crippen molar-refractivity contribution in [3.63, 3.8) is 0 Å². The number of furan rings is 1. The van der Waals surface area contributed by atoms with Gasteiger partial charge >= 0.3 is 6.03 Å². The van der Waals surface area contributed by atoms with E-state index in [-0.39, 0.29) is 0 Å². The number of amides is 2. The monoisotopic (exact) mass is 462 g/mol. The van der Waals surface area contributed by atoms with Gasteiger partial charge in [-0.2, -0.15) is 0 Å². The van der Waals surface area contributed by atoms with E-state index >= 15 is 0 Å². The third-order valence-electron chi connectivity index (χ3n) is 6.89. The molecule has 180 valence electrons. The highest BCUT2D eigenvalue weighted by molar-refractivity contribution is 6.00. The van der Waals surface area contributed by atoms with Gasteiger partial charge in [-0.3, -0.25) is 0 Å². The van der Waals surface area contributed by atoms with Gasteiger partial charge in [-0.25, -0.2) is 4.79 Å². The summed E-state index contributed by atoms with van der Waals surface area (Å²) >= 11 is 0. The second-order valence-electron chi connectivity index (χ2n) is 9.24. The summed E-state index contributed by atoms with van der Waals surface area (Å²) in [7, 11) is 0. The fourth-order valence-corrected chi connectivity index (χ4v) is 5.21. The molecular weight excluding hydrogens is 428 g/mol. The van der Waals surface area contributed by atoms with E-state index < -0.39 is 6.03 Å². The first kappa shape index (κ1) is 22.6. The fraction of sp³-hybridized carbons (Fsp3) is 0.444. The summed E-state index contributed by atoms with van der Waals surface area (Å²) in [6.07, 6.45) is 6.23. The van der Waals surface area contributed by atoms with Crippen molar-refractivity contribution in [1.82, 2.24) is 4.90 Å². The largest absolute Gasteiger partial charge is 0.491 e. The zero-order chi connectivity index (χ0) is 23.3. The van der Waals surface area contributed by atoms with Gasteiger partial charge in [-0.1, -0.05) is 24.3 Å². The molecule has 3 N–H and O–H groups in total. The zero-order valence-electron chi connectivity index (χ0n) is 19.7. The van der Waals surface area contributed by atoms with E-state index in [1.807, 2.05) is 24.3 Å². The molecule has 2 aliphatic rings. The molecule has 2 amide bonds. The van der Waals surface area contributed by atoms with Crippen molar-refractivity contribution >= 4 is 28.4 Å². The number of nitrogens with two attached hydrogens (primary N) is 1. The van der Waals surface area contributed by atoms with Crippen LogP contribution in [0.4, 0.5) is 16.2 Å². The number of primary amides is 1. The number of carbonyl (C=O) groups excluding carboxylic acids is 1. The topological polar surface area (TPSA) is 84.0 Å². The standard InChI is InChI=1S/C27H34N4O3/c28-27(32)29-25-21-10-1-2-12-23(21)34-24(25)13-3-4-14-30-15-7-16-31(18-17-30)22-11-5-8-20-9-6-19-33-26(20)22/h1-2,5,8,10-12H,3-4,6-7,9,13-19H2,(H3,28,29,32). The van der Waals surface area contributed by atoms with Gasteiger partial charge in [0.05, 0.1) is 18.0 Å². The Morgan fingerprint density at radius 3 is 2.82 bits per heavy atom. The minimum atomic E-state index is -0.563. The number of rotatable bonds is 7. The van der Waals surface area contributed by atoms with Crippen LogP contribution in [0.15, 0.2) is 46.9 Å². The van der Waals surface area contributed by atoms with Crippen LogP contribution in [0.3, 0.4) is 0 Å². The smallest absolute Gasteiger partial charge is 0.316 e. The molecule has 3 aromatic rings. The molecule has 2 aliphatic heterocycles. The molecule has 0 saturated carbocycles. The van der Waals surface area contributed by atoms with Crippen LogP contribution in [0.2, 0.25) is 0 Å². The van der Waals surface area contributed by atoms with Gasteiger partial charge < -0.3 is 30.0 Å². The maximum absolute atomic E-state index is 11.5. The lowest BCUT2D eigenvalue weighted by molar-refractivity contribution is 0.259. The summed E-state index contributed by atoms with van der Waals surface area (Å²) < 4.78 is 12.1. The molecule has 1 aromatic heterocycles. The van der Waals surface area contributed by atoms with Crippen LogP contribution in [0, 0.1) is 0 Å². The Labute approximate surface area is 200 Å². The molecular formula is C27H34N4O3. The lowest BCUT2D eigenvalue weighted by atomic mass is 10.0. The van der Waals surface area contributed by atoms with Gasteiger partial charge in [-0.05, 0) is 69.0 Å². The lowest BCUT2D eigenvalue weighted by Gasteiger charge is -2.28. The number of hydrogen-bond acceptors (Lipinski definition) is 5. The predicted molar refractivity (Wildman–Crippen MR) is 136 cm³/mol. The molecule has 7 nitrogen and oxygen atoms in total. The summed E-state index contributed by atoms with van der Waals surface area (Å²) in [6.45, 7) is 6.16. The van der Waals surface area contributed by atoms with Gasteiger partial charge in [0.2, 0.25) is 0 Å². The number of fused-ring (bicyclic) bond motifs is 2.